The maximum atomic E-state index is 11.5. The second-order valence-corrected chi connectivity index (χ2v) is 11.9. The van der Waals surface area contributed by atoms with Crippen LogP contribution in [-0.4, -0.2) is 89.1 Å². The minimum atomic E-state index is -2.81. The molecule has 0 radical (unpaired) electrons. The number of rotatable bonds is 6. The topological polar surface area (TPSA) is 95.6 Å². The second-order valence-electron chi connectivity index (χ2n) is 7.44. The highest BCUT2D eigenvalue weighted by molar-refractivity contribution is 7.91. The average molecular weight is 380 g/mol. The lowest BCUT2D eigenvalue weighted by atomic mass is 10.0. The molecule has 3 saturated heterocycles. The molecular weight excluding hydrogens is 350 g/mol. The largest absolute Gasteiger partial charge is 0.312 e. The van der Waals surface area contributed by atoms with Crippen LogP contribution in [0.3, 0.4) is 0 Å². The van der Waals surface area contributed by atoms with Crippen molar-refractivity contribution in [2.24, 2.45) is 0 Å². The zero-order valence-corrected chi connectivity index (χ0v) is 15.7. The Balaban J connectivity index is 1.30. The van der Waals surface area contributed by atoms with Gasteiger partial charge in [-0.05, 0) is 38.8 Å². The van der Waals surface area contributed by atoms with Gasteiger partial charge in [-0.3, -0.25) is 0 Å². The quantitative estimate of drug-likeness (QED) is 0.611. The van der Waals surface area contributed by atoms with Crippen LogP contribution < -0.4 is 10.6 Å². The molecule has 0 aromatic rings. The summed E-state index contributed by atoms with van der Waals surface area (Å²) in [5, 5.41) is 6.88. The van der Waals surface area contributed by atoms with Crippen LogP contribution in [0, 0.1) is 0 Å². The fraction of sp³-hybridized carbons (Fsp3) is 1.00. The predicted octanol–water partition coefficient (Wildman–Crippen LogP) is -0.996. The molecule has 0 unspecified atom stereocenters. The van der Waals surface area contributed by atoms with Crippen molar-refractivity contribution in [3.63, 3.8) is 0 Å². The molecule has 2 atom stereocenters. The van der Waals surface area contributed by atoms with Crippen molar-refractivity contribution in [1.29, 1.82) is 0 Å². The van der Waals surface area contributed by atoms with Crippen LogP contribution in [0.5, 0.6) is 0 Å². The van der Waals surface area contributed by atoms with Crippen molar-refractivity contribution >= 4 is 19.7 Å². The first-order chi connectivity index (χ1) is 11.3. The molecule has 140 valence electrons. The number of nitrogens with one attached hydrogen (secondary N) is 2. The summed E-state index contributed by atoms with van der Waals surface area (Å²) in [5.41, 5.74) is 0. The van der Waals surface area contributed by atoms with E-state index in [0.717, 1.165) is 51.9 Å². The smallest absolute Gasteiger partial charge is 0.151 e. The summed E-state index contributed by atoms with van der Waals surface area (Å²) in [6.45, 7) is 3.81. The van der Waals surface area contributed by atoms with Crippen LogP contribution in [-0.2, 0) is 19.7 Å². The van der Waals surface area contributed by atoms with E-state index < -0.39 is 19.7 Å². The molecule has 0 saturated carbocycles. The van der Waals surface area contributed by atoms with Crippen molar-refractivity contribution in [2.45, 2.75) is 43.8 Å². The van der Waals surface area contributed by atoms with E-state index in [1.807, 2.05) is 0 Å². The first-order valence-electron chi connectivity index (χ1n) is 8.94. The molecule has 0 amide bonds. The van der Waals surface area contributed by atoms with Gasteiger partial charge in [-0.25, -0.2) is 16.8 Å². The molecule has 24 heavy (non-hydrogen) atoms. The van der Waals surface area contributed by atoms with Crippen LogP contribution in [0.1, 0.15) is 25.7 Å². The van der Waals surface area contributed by atoms with Crippen LogP contribution in [0.25, 0.3) is 0 Å². The SMILES string of the molecule is O=S1(=O)CC[C@H](NCCN2CCC(N[C@@H]3CCS(=O)(=O)C3)CC2)C1. The van der Waals surface area contributed by atoms with E-state index in [0.29, 0.717) is 23.3 Å². The van der Waals surface area contributed by atoms with Gasteiger partial charge in [0.1, 0.15) is 0 Å². The summed E-state index contributed by atoms with van der Waals surface area (Å²) < 4.78 is 45.9. The summed E-state index contributed by atoms with van der Waals surface area (Å²) in [6.07, 6.45) is 3.58. The summed E-state index contributed by atoms with van der Waals surface area (Å²) in [4.78, 5) is 2.40. The molecule has 0 aromatic carbocycles. The van der Waals surface area contributed by atoms with E-state index in [9.17, 15) is 16.8 Å². The Morgan fingerprint density at radius 1 is 0.792 bits per heavy atom. The molecule has 3 aliphatic heterocycles. The minimum Gasteiger partial charge on any atom is -0.312 e. The maximum absolute atomic E-state index is 11.5. The zero-order valence-electron chi connectivity index (χ0n) is 14.1. The van der Waals surface area contributed by atoms with Gasteiger partial charge in [0.15, 0.2) is 19.7 Å². The lowest BCUT2D eigenvalue weighted by Gasteiger charge is -2.34. The maximum Gasteiger partial charge on any atom is 0.151 e. The van der Waals surface area contributed by atoms with Crippen LogP contribution >= 0.6 is 0 Å². The Hall–Kier alpha value is -0.220. The normalized spacial score (nSPS) is 33.8. The molecule has 0 aromatic heterocycles. The Kier molecular flexibility index (Phi) is 5.86. The van der Waals surface area contributed by atoms with Crippen molar-refractivity contribution < 1.29 is 16.8 Å². The number of hydrogen-bond acceptors (Lipinski definition) is 7. The van der Waals surface area contributed by atoms with Gasteiger partial charge >= 0.3 is 0 Å². The molecule has 3 aliphatic rings. The summed E-state index contributed by atoms with van der Waals surface area (Å²) in [6, 6.07) is 0.684. The number of sulfone groups is 2. The first-order valence-corrected chi connectivity index (χ1v) is 12.6. The van der Waals surface area contributed by atoms with E-state index in [1.54, 1.807) is 0 Å². The fourth-order valence-corrected chi connectivity index (χ4v) is 7.36. The molecule has 0 bridgehead atoms. The second kappa shape index (κ2) is 7.57. The van der Waals surface area contributed by atoms with Crippen molar-refractivity contribution in [3.05, 3.63) is 0 Å². The highest BCUT2D eigenvalue weighted by Gasteiger charge is 2.31. The van der Waals surface area contributed by atoms with Gasteiger partial charge in [-0.2, -0.15) is 0 Å². The molecule has 3 fully saturated rings. The first kappa shape index (κ1) is 18.6. The Labute approximate surface area is 145 Å². The highest BCUT2D eigenvalue weighted by Crippen LogP contribution is 2.16. The average Bonchev–Trinajstić information content (AvgIpc) is 3.02. The summed E-state index contributed by atoms with van der Waals surface area (Å²) >= 11 is 0. The third-order valence-corrected chi connectivity index (χ3v) is 8.92. The number of hydrogen-bond donors (Lipinski definition) is 2. The van der Waals surface area contributed by atoms with E-state index in [1.165, 1.54) is 0 Å². The molecule has 2 N–H and O–H groups in total. The van der Waals surface area contributed by atoms with E-state index in [2.05, 4.69) is 15.5 Å². The van der Waals surface area contributed by atoms with Crippen LogP contribution in [0.15, 0.2) is 0 Å². The number of nitrogens with zero attached hydrogens (tertiary/aromatic N) is 1. The zero-order chi connectivity index (χ0) is 17.2. The molecule has 0 spiro atoms. The van der Waals surface area contributed by atoms with Crippen LogP contribution in [0.2, 0.25) is 0 Å². The Bertz CT molecular complexity index is 627. The van der Waals surface area contributed by atoms with Crippen LogP contribution in [0.4, 0.5) is 0 Å². The third-order valence-electron chi connectivity index (χ3n) is 5.38. The fourth-order valence-electron chi connectivity index (χ4n) is 3.97. The molecular formula is C15H29N3O4S2. The summed E-state index contributed by atoms with van der Waals surface area (Å²) in [7, 11) is -5.61. The lowest BCUT2D eigenvalue weighted by molar-refractivity contribution is 0.191. The summed E-state index contributed by atoms with van der Waals surface area (Å²) in [5.74, 6) is 1.22. The molecule has 0 aliphatic carbocycles. The number of likely N-dealkylation sites (tertiary alicyclic amines) is 1. The van der Waals surface area contributed by atoms with E-state index in [4.69, 9.17) is 0 Å². The van der Waals surface area contributed by atoms with Gasteiger partial charge in [0, 0.05) is 31.2 Å². The molecule has 9 heteroatoms. The van der Waals surface area contributed by atoms with Gasteiger partial charge in [-0.1, -0.05) is 0 Å². The van der Waals surface area contributed by atoms with Crippen molar-refractivity contribution in [3.8, 4) is 0 Å². The van der Waals surface area contributed by atoms with Gasteiger partial charge in [0.25, 0.3) is 0 Å². The van der Waals surface area contributed by atoms with Crippen molar-refractivity contribution in [1.82, 2.24) is 15.5 Å². The number of piperidine rings is 1. The van der Waals surface area contributed by atoms with E-state index >= 15 is 0 Å². The Morgan fingerprint density at radius 3 is 1.92 bits per heavy atom. The predicted molar refractivity (Wildman–Crippen MR) is 94.7 cm³/mol. The Morgan fingerprint density at radius 2 is 1.38 bits per heavy atom. The lowest BCUT2D eigenvalue weighted by Crippen LogP contribution is -2.48. The van der Waals surface area contributed by atoms with Gasteiger partial charge < -0.3 is 15.5 Å². The van der Waals surface area contributed by atoms with Gasteiger partial charge in [-0.15, -0.1) is 0 Å². The molecule has 7 nitrogen and oxygen atoms in total. The minimum absolute atomic E-state index is 0.124. The van der Waals surface area contributed by atoms with E-state index in [-0.39, 0.29) is 17.8 Å². The highest BCUT2D eigenvalue weighted by atomic mass is 32.2. The monoisotopic (exact) mass is 379 g/mol. The molecule has 3 rings (SSSR count). The van der Waals surface area contributed by atoms with Crippen molar-refractivity contribution in [2.75, 3.05) is 49.2 Å². The molecule has 3 heterocycles. The third kappa shape index (κ3) is 5.39. The standard InChI is InChI=1S/C15H29N3O4S2/c19-23(20)9-3-14(11-23)16-5-8-18-6-1-13(2-7-18)17-15-4-10-24(21,22)12-15/h13-17H,1-12H2/t14-,15+/m0/s1. The van der Waals surface area contributed by atoms with Gasteiger partial charge in [0.2, 0.25) is 0 Å². The van der Waals surface area contributed by atoms with Gasteiger partial charge in [0.05, 0.1) is 23.0 Å².